The molecular formula is C15H23N3. The molecule has 1 aromatic rings. The van der Waals surface area contributed by atoms with Crippen molar-refractivity contribution in [2.45, 2.75) is 26.8 Å². The number of hydrogen-bond donors (Lipinski definition) is 2. The second kappa shape index (κ2) is 5.53. The normalized spacial score (nSPS) is 20.5. The summed E-state index contributed by atoms with van der Waals surface area (Å²) >= 11 is 0. The zero-order valence-electron chi connectivity index (χ0n) is 11.3. The zero-order chi connectivity index (χ0) is 13.1. The first-order valence-corrected chi connectivity index (χ1v) is 6.72. The Morgan fingerprint density at radius 3 is 2.56 bits per heavy atom. The third kappa shape index (κ3) is 3.10. The highest BCUT2D eigenvalue weighted by atomic mass is 15.1. The lowest BCUT2D eigenvalue weighted by molar-refractivity contribution is 0.297. The first kappa shape index (κ1) is 13.1. The summed E-state index contributed by atoms with van der Waals surface area (Å²) in [5.74, 6) is 1.78. The standard InChI is InChI=1S/C15H23N3/c1-11(2)14-7-8-18(10-14)9-12-3-5-13(6-4-12)15(16)17/h3-6,11,14H,7-10H2,1-2H3,(H3,16,17). The largest absolute Gasteiger partial charge is 0.384 e. The maximum absolute atomic E-state index is 7.37. The van der Waals surface area contributed by atoms with Crippen molar-refractivity contribution in [3.8, 4) is 0 Å². The number of benzene rings is 1. The molecule has 0 amide bonds. The van der Waals surface area contributed by atoms with Crippen molar-refractivity contribution in [2.75, 3.05) is 13.1 Å². The van der Waals surface area contributed by atoms with Gasteiger partial charge in [0.05, 0.1) is 0 Å². The van der Waals surface area contributed by atoms with Crippen LogP contribution >= 0.6 is 0 Å². The molecule has 0 aromatic heterocycles. The molecule has 98 valence electrons. The molecule has 1 fully saturated rings. The Bertz CT molecular complexity index is 408. The van der Waals surface area contributed by atoms with Crippen LogP contribution < -0.4 is 5.73 Å². The summed E-state index contributed by atoms with van der Waals surface area (Å²) in [6.07, 6.45) is 1.32. The molecule has 1 aromatic carbocycles. The van der Waals surface area contributed by atoms with Gasteiger partial charge in [-0.15, -0.1) is 0 Å². The molecule has 1 unspecified atom stereocenters. The smallest absolute Gasteiger partial charge is 0.122 e. The molecule has 2 rings (SSSR count). The van der Waals surface area contributed by atoms with Gasteiger partial charge in [-0.25, -0.2) is 0 Å². The monoisotopic (exact) mass is 245 g/mol. The summed E-state index contributed by atoms with van der Waals surface area (Å²) in [6.45, 7) is 8.07. The fraction of sp³-hybridized carbons (Fsp3) is 0.533. The van der Waals surface area contributed by atoms with E-state index in [9.17, 15) is 0 Å². The lowest BCUT2D eigenvalue weighted by atomic mass is 9.95. The van der Waals surface area contributed by atoms with Gasteiger partial charge in [0.1, 0.15) is 5.84 Å². The Balaban J connectivity index is 1.92. The van der Waals surface area contributed by atoms with Crippen LogP contribution in [0.5, 0.6) is 0 Å². The predicted octanol–water partition coefficient (Wildman–Crippen LogP) is 2.45. The highest BCUT2D eigenvalue weighted by molar-refractivity contribution is 5.94. The van der Waals surface area contributed by atoms with Crippen LogP contribution in [0, 0.1) is 17.2 Å². The number of nitrogens with one attached hydrogen (secondary N) is 1. The SMILES string of the molecule is CC(C)C1CCN(Cc2ccc(C(=N)N)cc2)C1. The van der Waals surface area contributed by atoms with Gasteiger partial charge in [0.25, 0.3) is 0 Å². The van der Waals surface area contributed by atoms with Gasteiger partial charge >= 0.3 is 0 Å². The summed E-state index contributed by atoms with van der Waals surface area (Å²) < 4.78 is 0. The Hall–Kier alpha value is -1.35. The van der Waals surface area contributed by atoms with E-state index in [2.05, 4.69) is 30.9 Å². The third-order valence-electron chi connectivity index (χ3n) is 3.92. The molecular weight excluding hydrogens is 222 g/mol. The number of nitrogens with zero attached hydrogens (tertiary/aromatic N) is 1. The fourth-order valence-electron chi connectivity index (χ4n) is 2.60. The van der Waals surface area contributed by atoms with Gasteiger partial charge in [0.2, 0.25) is 0 Å². The minimum Gasteiger partial charge on any atom is -0.384 e. The summed E-state index contributed by atoms with van der Waals surface area (Å²) in [4.78, 5) is 2.52. The zero-order valence-corrected chi connectivity index (χ0v) is 11.3. The number of nitrogen functional groups attached to an aromatic ring is 1. The molecule has 1 atom stereocenters. The van der Waals surface area contributed by atoms with Crippen molar-refractivity contribution in [3.63, 3.8) is 0 Å². The minimum atomic E-state index is 0.141. The molecule has 0 spiro atoms. The van der Waals surface area contributed by atoms with E-state index >= 15 is 0 Å². The molecule has 18 heavy (non-hydrogen) atoms. The van der Waals surface area contributed by atoms with E-state index in [4.69, 9.17) is 11.1 Å². The Kier molecular flexibility index (Phi) is 4.02. The average Bonchev–Trinajstić information content (AvgIpc) is 2.78. The number of nitrogens with two attached hydrogens (primary N) is 1. The van der Waals surface area contributed by atoms with Gasteiger partial charge in [-0.3, -0.25) is 10.3 Å². The van der Waals surface area contributed by atoms with Gasteiger partial charge in [-0.05, 0) is 30.4 Å². The van der Waals surface area contributed by atoms with E-state index in [-0.39, 0.29) is 5.84 Å². The first-order valence-electron chi connectivity index (χ1n) is 6.72. The Morgan fingerprint density at radius 1 is 1.39 bits per heavy atom. The van der Waals surface area contributed by atoms with Crippen LogP contribution in [0.15, 0.2) is 24.3 Å². The van der Waals surface area contributed by atoms with Crippen LogP contribution in [0.3, 0.4) is 0 Å². The Morgan fingerprint density at radius 2 is 2.06 bits per heavy atom. The van der Waals surface area contributed by atoms with E-state index in [0.717, 1.165) is 23.9 Å². The number of likely N-dealkylation sites (tertiary alicyclic amines) is 1. The van der Waals surface area contributed by atoms with Crippen molar-refractivity contribution in [1.29, 1.82) is 5.41 Å². The molecule has 0 aliphatic carbocycles. The van der Waals surface area contributed by atoms with E-state index in [1.54, 1.807) is 0 Å². The summed E-state index contributed by atoms with van der Waals surface area (Å²) in [7, 11) is 0. The van der Waals surface area contributed by atoms with E-state index in [1.165, 1.54) is 25.1 Å². The molecule has 1 saturated heterocycles. The van der Waals surface area contributed by atoms with Crippen LogP contribution in [0.4, 0.5) is 0 Å². The first-order chi connectivity index (χ1) is 8.56. The van der Waals surface area contributed by atoms with E-state index < -0.39 is 0 Å². The second-order valence-electron chi connectivity index (χ2n) is 5.64. The van der Waals surface area contributed by atoms with Gasteiger partial charge in [0, 0.05) is 18.7 Å². The molecule has 0 bridgehead atoms. The maximum atomic E-state index is 7.37. The van der Waals surface area contributed by atoms with Crippen molar-refractivity contribution >= 4 is 5.84 Å². The van der Waals surface area contributed by atoms with Crippen molar-refractivity contribution in [1.82, 2.24) is 4.90 Å². The molecule has 3 nitrogen and oxygen atoms in total. The van der Waals surface area contributed by atoms with E-state index in [1.807, 2.05) is 12.1 Å². The minimum absolute atomic E-state index is 0.141. The van der Waals surface area contributed by atoms with Gasteiger partial charge < -0.3 is 5.73 Å². The quantitative estimate of drug-likeness (QED) is 0.632. The lowest BCUT2D eigenvalue weighted by Crippen LogP contribution is -2.21. The molecule has 3 heteroatoms. The summed E-state index contributed by atoms with van der Waals surface area (Å²) in [5.41, 5.74) is 7.57. The fourth-order valence-corrected chi connectivity index (χ4v) is 2.60. The number of hydrogen-bond acceptors (Lipinski definition) is 2. The van der Waals surface area contributed by atoms with Gasteiger partial charge in [0.15, 0.2) is 0 Å². The van der Waals surface area contributed by atoms with Crippen LogP contribution in [-0.4, -0.2) is 23.8 Å². The summed E-state index contributed by atoms with van der Waals surface area (Å²) in [6, 6.07) is 8.04. The van der Waals surface area contributed by atoms with Crippen LogP contribution in [0.25, 0.3) is 0 Å². The topological polar surface area (TPSA) is 53.1 Å². The van der Waals surface area contributed by atoms with Gasteiger partial charge in [-0.2, -0.15) is 0 Å². The van der Waals surface area contributed by atoms with Crippen molar-refractivity contribution < 1.29 is 0 Å². The number of rotatable bonds is 4. The average molecular weight is 245 g/mol. The van der Waals surface area contributed by atoms with Crippen LogP contribution in [-0.2, 0) is 6.54 Å². The highest BCUT2D eigenvalue weighted by Gasteiger charge is 2.24. The molecule has 3 N–H and O–H groups in total. The van der Waals surface area contributed by atoms with Crippen LogP contribution in [0.1, 0.15) is 31.4 Å². The molecule has 1 heterocycles. The maximum Gasteiger partial charge on any atom is 0.122 e. The number of amidine groups is 1. The summed E-state index contributed by atoms with van der Waals surface area (Å²) in [5, 5.41) is 7.37. The van der Waals surface area contributed by atoms with Gasteiger partial charge in [-0.1, -0.05) is 38.1 Å². The molecule has 0 saturated carbocycles. The third-order valence-corrected chi connectivity index (χ3v) is 3.92. The lowest BCUT2D eigenvalue weighted by Gasteiger charge is -2.18. The van der Waals surface area contributed by atoms with Crippen LogP contribution in [0.2, 0.25) is 0 Å². The molecule has 1 aliphatic heterocycles. The molecule has 1 aliphatic rings. The van der Waals surface area contributed by atoms with E-state index in [0.29, 0.717) is 0 Å². The van der Waals surface area contributed by atoms with Crippen molar-refractivity contribution in [3.05, 3.63) is 35.4 Å². The highest BCUT2D eigenvalue weighted by Crippen LogP contribution is 2.24. The van der Waals surface area contributed by atoms with Crippen molar-refractivity contribution in [2.24, 2.45) is 17.6 Å². The predicted molar refractivity (Wildman–Crippen MR) is 75.7 cm³/mol. The molecule has 0 radical (unpaired) electrons. The Labute approximate surface area is 109 Å². The second-order valence-corrected chi connectivity index (χ2v) is 5.64.